The number of aromatic nitrogens is 4. The van der Waals surface area contributed by atoms with E-state index in [0.29, 0.717) is 38.5 Å². The number of sulfonamides is 1. The molecule has 29 heavy (non-hydrogen) atoms. The molecule has 2 aliphatic heterocycles. The number of carbonyl (C=O) groups is 1. The molecule has 156 valence electrons. The number of hydrogen-bond donors (Lipinski definition) is 0. The molecule has 0 N–H and O–H groups in total. The first-order valence-corrected chi connectivity index (χ1v) is 11.6. The van der Waals surface area contributed by atoms with Gasteiger partial charge in [-0.3, -0.25) is 4.79 Å². The maximum atomic E-state index is 13.0. The third-order valence-electron chi connectivity index (χ3n) is 5.49. The van der Waals surface area contributed by atoms with E-state index in [0.717, 1.165) is 25.2 Å². The standard InChI is InChI=1S/C18H25N7O3S/c1-29(27,28)24-10-8-22(9-11-24)18(26)15-4-2-6-23(13-15)16-12-17(20-14-19-16)25-7-3-5-21-25/h3,5,7,12,14-15H,2,4,6,8-11,13H2,1H3. The second kappa shape index (κ2) is 8.07. The Balaban J connectivity index is 1.41. The molecule has 1 atom stereocenters. The molecule has 2 aromatic rings. The second-order valence-electron chi connectivity index (χ2n) is 7.46. The van der Waals surface area contributed by atoms with Crippen LogP contribution in [0.15, 0.2) is 30.9 Å². The molecule has 4 rings (SSSR count). The van der Waals surface area contributed by atoms with Crippen LogP contribution >= 0.6 is 0 Å². The molecule has 2 aromatic heterocycles. The maximum absolute atomic E-state index is 13.0. The van der Waals surface area contributed by atoms with E-state index in [4.69, 9.17) is 0 Å². The molecule has 0 bridgehead atoms. The summed E-state index contributed by atoms with van der Waals surface area (Å²) >= 11 is 0. The number of piperazine rings is 1. The highest BCUT2D eigenvalue weighted by Crippen LogP contribution is 2.24. The molecule has 2 aliphatic rings. The lowest BCUT2D eigenvalue weighted by atomic mass is 9.96. The number of carbonyl (C=O) groups excluding carboxylic acids is 1. The summed E-state index contributed by atoms with van der Waals surface area (Å²) in [7, 11) is -3.20. The molecule has 0 radical (unpaired) electrons. The molecule has 1 unspecified atom stereocenters. The molecule has 0 saturated carbocycles. The van der Waals surface area contributed by atoms with Crippen LogP contribution in [-0.4, -0.2) is 88.8 Å². The van der Waals surface area contributed by atoms with Gasteiger partial charge in [0.25, 0.3) is 0 Å². The van der Waals surface area contributed by atoms with Crippen LogP contribution in [0.4, 0.5) is 5.82 Å². The minimum Gasteiger partial charge on any atom is -0.356 e. The summed E-state index contributed by atoms with van der Waals surface area (Å²) < 4.78 is 26.5. The van der Waals surface area contributed by atoms with Gasteiger partial charge >= 0.3 is 0 Å². The van der Waals surface area contributed by atoms with Crippen LogP contribution in [0.1, 0.15) is 12.8 Å². The SMILES string of the molecule is CS(=O)(=O)N1CCN(C(=O)C2CCCN(c3cc(-n4cccn4)ncn3)C2)CC1. The summed E-state index contributed by atoms with van der Waals surface area (Å²) in [5, 5.41) is 4.20. The van der Waals surface area contributed by atoms with E-state index in [2.05, 4.69) is 20.0 Å². The fourth-order valence-electron chi connectivity index (χ4n) is 3.92. The average molecular weight is 420 g/mol. The Morgan fingerprint density at radius 3 is 2.55 bits per heavy atom. The Labute approximate surface area is 170 Å². The van der Waals surface area contributed by atoms with Gasteiger partial charge < -0.3 is 9.80 Å². The number of piperidine rings is 1. The van der Waals surface area contributed by atoms with Crippen LogP contribution < -0.4 is 4.90 Å². The maximum Gasteiger partial charge on any atom is 0.227 e. The number of anilines is 1. The Kier molecular flexibility index (Phi) is 5.50. The lowest BCUT2D eigenvalue weighted by molar-refractivity contribution is -0.137. The Hall–Kier alpha value is -2.53. The topological polar surface area (TPSA) is 105 Å². The van der Waals surface area contributed by atoms with E-state index < -0.39 is 10.0 Å². The van der Waals surface area contributed by atoms with Crippen molar-refractivity contribution in [2.45, 2.75) is 12.8 Å². The number of rotatable bonds is 4. The van der Waals surface area contributed by atoms with Crippen molar-refractivity contribution in [3.05, 3.63) is 30.9 Å². The number of hydrogen-bond acceptors (Lipinski definition) is 7. The van der Waals surface area contributed by atoms with Crippen molar-refractivity contribution < 1.29 is 13.2 Å². The van der Waals surface area contributed by atoms with Gasteiger partial charge in [0.15, 0.2) is 5.82 Å². The first-order chi connectivity index (χ1) is 13.9. The van der Waals surface area contributed by atoms with Crippen LogP contribution in [-0.2, 0) is 14.8 Å². The summed E-state index contributed by atoms with van der Waals surface area (Å²) in [6.45, 7) is 3.04. The molecule has 0 aromatic carbocycles. The first-order valence-electron chi connectivity index (χ1n) is 9.73. The number of nitrogens with zero attached hydrogens (tertiary/aromatic N) is 7. The smallest absolute Gasteiger partial charge is 0.227 e. The molecule has 4 heterocycles. The highest BCUT2D eigenvalue weighted by molar-refractivity contribution is 7.88. The predicted octanol–water partition coefficient (Wildman–Crippen LogP) is -0.0175. The lowest BCUT2D eigenvalue weighted by Crippen LogP contribution is -2.53. The van der Waals surface area contributed by atoms with Crippen LogP contribution in [0, 0.1) is 5.92 Å². The van der Waals surface area contributed by atoms with Gasteiger partial charge in [-0.2, -0.15) is 9.40 Å². The molecule has 10 nitrogen and oxygen atoms in total. The average Bonchev–Trinajstić information content (AvgIpc) is 3.28. The summed E-state index contributed by atoms with van der Waals surface area (Å²) in [6, 6.07) is 3.71. The molecular weight excluding hydrogens is 394 g/mol. The predicted molar refractivity (Wildman–Crippen MR) is 107 cm³/mol. The van der Waals surface area contributed by atoms with Crippen molar-refractivity contribution in [3.8, 4) is 5.82 Å². The van der Waals surface area contributed by atoms with Crippen LogP contribution in [0.2, 0.25) is 0 Å². The minimum atomic E-state index is -3.20. The summed E-state index contributed by atoms with van der Waals surface area (Å²) in [6.07, 6.45) is 7.98. The molecule has 2 saturated heterocycles. The van der Waals surface area contributed by atoms with Gasteiger partial charge in [0, 0.05) is 57.7 Å². The van der Waals surface area contributed by atoms with Crippen molar-refractivity contribution in [3.63, 3.8) is 0 Å². The van der Waals surface area contributed by atoms with Crippen LogP contribution in [0.5, 0.6) is 0 Å². The fourth-order valence-corrected chi connectivity index (χ4v) is 4.75. The Morgan fingerprint density at radius 1 is 1.10 bits per heavy atom. The largest absolute Gasteiger partial charge is 0.356 e. The number of amides is 1. The van der Waals surface area contributed by atoms with Crippen LogP contribution in [0.3, 0.4) is 0 Å². The lowest BCUT2D eigenvalue weighted by Gasteiger charge is -2.38. The van der Waals surface area contributed by atoms with Crippen LogP contribution in [0.25, 0.3) is 5.82 Å². The zero-order valence-corrected chi connectivity index (χ0v) is 17.2. The van der Waals surface area contributed by atoms with Gasteiger partial charge in [0.05, 0.1) is 12.2 Å². The van der Waals surface area contributed by atoms with Gasteiger partial charge in [-0.05, 0) is 18.9 Å². The summed E-state index contributed by atoms with van der Waals surface area (Å²) in [5.74, 6) is 1.45. The van der Waals surface area contributed by atoms with E-state index in [1.165, 1.54) is 16.9 Å². The van der Waals surface area contributed by atoms with Crippen molar-refractivity contribution in [1.29, 1.82) is 0 Å². The minimum absolute atomic E-state index is 0.101. The van der Waals surface area contributed by atoms with Crippen molar-refractivity contribution >= 4 is 21.7 Å². The van der Waals surface area contributed by atoms with Crippen molar-refractivity contribution in [2.75, 3.05) is 50.4 Å². The van der Waals surface area contributed by atoms with E-state index in [9.17, 15) is 13.2 Å². The molecule has 0 spiro atoms. The highest BCUT2D eigenvalue weighted by atomic mass is 32.2. The normalized spacial score (nSPS) is 21.3. The van der Waals surface area contributed by atoms with Gasteiger partial charge in [-0.25, -0.2) is 23.1 Å². The van der Waals surface area contributed by atoms with E-state index in [1.54, 1.807) is 15.8 Å². The monoisotopic (exact) mass is 419 g/mol. The second-order valence-corrected chi connectivity index (χ2v) is 9.44. The Morgan fingerprint density at radius 2 is 1.86 bits per heavy atom. The molecule has 1 amide bonds. The summed E-state index contributed by atoms with van der Waals surface area (Å²) in [4.78, 5) is 25.6. The van der Waals surface area contributed by atoms with E-state index >= 15 is 0 Å². The summed E-state index contributed by atoms with van der Waals surface area (Å²) in [5.41, 5.74) is 0. The fraction of sp³-hybridized carbons (Fsp3) is 0.556. The van der Waals surface area contributed by atoms with Crippen molar-refractivity contribution in [2.24, 2.45) is 5.92 Å². The van der Waals surface area contributed by atoms with E-state index in [1.807, 2.05) is 18.3 Å². The quantitative estimate of drug-likeness (QED) is 0.686. The van der Waals surface area contributed by atoms with Gasteiger partial charge in [-0.1, -0.05) is 0 Å². The zero-order chi connectivity index (χ0) is 20.4. The molecule has 11 heteroatoms. The third-order valence-corrected chi connectivity index (χ3v) is 6.79. The van der Waals surface area contributed by atoms with Gasteiger partial charge in [0.1, 0.15) is 12.1 Å². The zero-order valence-electron chi connectivity index (χ0n) is 16.4. The molecule has 2 fully saturated rings. The van der Waals surface area contributed by atoms with E-state index in [-0.39, 0.29) is 11.8 Å². The Bertz CT molecular complexity index is 956. The molecular formula is C18H25N7O3S. The highest BCUT2D eigenvalue weighted by Gasteiger charge is 2.33. The van der Waals surface area contributed by atoms with Gasteiger partial charge in [0.2, 0.25) is 15.9 Å². The van der Waals surface area contributed by atoms with Crippen molar-refractivity contribution in [1.82, 2.24) is 29.0 Å². The van der Waals surface area contributed by atoms with Gasteiger partial charge in [-0.15, -0.1) is 0 Å². The third kappa shape index (κ3) is 4.40. The molecule has 0 aliphatic carbocycles. The first kappa shape index (κ1) is 19.8.